The monoisotopic (exact) mass is 165 g/mol. The number of aliphatic carboxylic acids is 1. The first kappa shape index (κ1) is 8.71. The molecule has 0 saturated heterocycles. The van der Waals surface area contributed by atoms with Crippen LogP contribution in [0.1, 0.15) is 17.7 Å². The van der Waals surface area contributed by atoms with Crippen LogP contribution < -0.4 is 0 Å². The van der Waals surface area contributed by atoms with Gasteiger partial charge < -0.3 is 5.11 Å². The molecule has 0 amide bonds. The predicted octanol–water partition coefficient (Wildman–Crippen LogP) is 1.41. The number of carbonyl (C=O) groups is 1. The van der Waals surface area contributed by atoms with Crippen molar-refractivity contribution in [1.29, 1.82) is 0 Å². The summed E-state index contributed by atoms with van der Waals surface area (Å²) in [6.45, 7) is 1.95. The number of rotatable bonds is 3. The smallest absolute Gasteiger partial charge is 0.303 e. The molecule has 1 N–H and O–H groups in total. The summed E-state index contributed by atoms with van der Waals surface area (Å²) in [5.74, 6) is -0.780. The van der Waals surface area contributed by atoms with Gasteiger partial charge in [-0.25, -0.2) is 0 Å². The van der Waals surface area contributed by atoms with E-state index in [-0.39, 0.29) is 6.42 Å². The normalized spacial score (nSPS) is 9.75. The Balaban J connectivity index is 2.53. The van der Waals surface area contributed by atoms with Crippen molar-refractivity contribution in [2.75, 3.05) is 0 Å². The molecule has 1 rings (SSSR count). The summed E-state index contributed by atoms with van der Waals surface area (Å²) < 4.78 is 0. The fourth-order valence-electron chi connectivity index (χ4n) is 0.881. The SMILES string of the molecule is Cc1ccc(CCC(=O)O)nc1. The van der Waals surface area contributed by atoms with Gasteiger partial charge in [0.15, 0.2) is 0 Å². The van der Waals surface area contributed by atoms with Gasteiger partial charge in [-0.2, -0.15) is 0 Å². The van der Waals surface area contributed by atoms with Gasteiger partial charge in [-0.15, -0.1) is 0 Å². The van der Waals surface area contributed by atoms with Gasteiger partial charge in [0.05, 0.1) is 6.42 Å². The number of nitrogens with zero attached hydrogens (tertiary/aromatic N) is 1. The average Bonchev–Trinajstić information content (AvgIpc) is 2.03. The third-order valence-corrected chi connectivity index (χ3v) is 1.57. The summed E-state index contributed by atoms with van der Waals surface area (Å²) in [6, 6.07) is 3.79. The maximum absolute atomic E-state index is 10.2. The Hall–Kier alpha value is -1.38. The third-order valence-electron chi connectivity index (χ3n) is 1.57. The van der Waals surface area contributed by atoms with E-state index in [1.807, 2.05) is 19.1 Å². The van der Waals surface area contributed by atoms with Crippen LogP contribution in [-0.4, -0.2) is 16.1 Å². The molecular weight excluding hydrogens is 154 g/mol. The van der Waals surface area contributed by atoms with Crippen molar-refractivity contribution in [3.8, 4) is 0 Å². The van der Waals surface area contributed by atoms with Crippen LogP contribution in [0.15, 0.2) is 18.3 Å². The van der Waals surface area contributed by atoms with E-state index in [9.17, 15) is 4.79 Å². The molecule has 0 aromatic carbocycles. The zero-order chi connectivity index (χ0) is 8.97. The first-order chi connectivity index (χ1) is 5.68. The van der Waals surface area contributed by atoms with E-state index in [4.69, 9.17) is 5.11 Å². The van der Waals surface area contributed by atoms with Crippen molar-refractivity contribution in [2.45, 2.75) is 19.8 Å². The Morgan fingerprint density at radius 1 is 1.58 bits per heavy atom. The largest absolute Gasteiger partial charge is 0.481 e. The minimum Gasteiger partial charge on any atom is -0.481 e. The molecule has 0 atom stereocenters. The van der Waals surface area contributed by atoms with Crippen LogP contribution in [0.5, 0.6) is 0 Å². The molecule has 0 radical (unpaired) electrons. The van der Waals surface area contributed by atoms with Gasteiger partial charge in [-0.05, 0) is 18.6 Å². The molecule has 1 heterocycles. The minimum absolute atomic E-state index is 0.149. The second-order valence-electron chi connectivity index (χ2n) is 2.72. The summed E-state index contributed by atoms with van der Waals surface area (Å²) in [7, 11) is 0. The highest BCUT2D eigenvalue weighted by Gasteiger charge is 1.98. The molecule has 0 aliphatic carbocycles. The lowest BCUT2D eigenvalue weighted by Crippen LogP contribution is -1.98. The minimum atomic E-state index is -0.780. The van der Waals surface area contributed by atoms with Crippen molar-refractivity contribution in [3.63, 3.8) is 0 Å². The molecule has 0 unspecified atom stereocenters. The molecule has 12 heavy (non-hydrogen) atoms. The Bertz CT molecular complexity index is 266. The van der Waals surface area contributed by atoms with Crippen LogP contribution >= 0.6 is 0 Å². The molecule has 1 aromatic heterocycles. The fourth-order valence-corrected chi connectivity index (χ4v) is 0.881. The maximum Gasteiger partial charge on any atom is 0.303 e. The number of aromatic nitrogens is 1. The molecule has 0 fully saturated rings. The maximum atomic E-state index is 10.2. The molecule has 1 aromatic rings. The second kappa shape index (κ2) is 3.85. The molecular formula is C9H11NO2. The van der Waals surface area contributed by atoms with Crippen LogP contribution in [0.3, 0.4) is 0 Å². The molecule has 0 spiro atoms. The Labute approximate surface area is 71.1 Å². The van der Waals surface area contributed by atoms with E-state index < -0.39 is 5.97 Å². The zero-order valence-electron chi connectivity index (χ0n) is 6.95. The average molecular weight is 165 g/mol. The molecule has 64 valence electrons. The van der Waals surface area contributed by atoms with E-state index in [1.54, 1.807) is 6.20 Å². The number of carboxylic acids is 1. The summed E-state index contributed by atoms with van der Waals surface area (Å²) in [4.78, 5) is 14.3. The van der Waals surface area contributed by atoms with E-state index in [0.29, 0.717) is 6.42 Å². The highest BCUT2D eigenvalue weighted by Crippen LogP contribution is 2.01. The lowest BCUT2D eigenvalue weighted by Gasteiger charge is -1.97. The van der Waals surface area contributed by atoms with Gasteiger partial charge in [0, 0.05) is 18.3 Å². The molecule has 0 aliphatic rings. The first-order valence-electron chi connectivity index (χ1n) is 3.82. The number of aryl methyl sites for hydroxylation is 2. The van der Waals surface area contributed by atoms with E-state index >= 15 is 0 Å². The number of hydrogen-bond acceptors (Lipinski definition) is 2. The van der Waals surface area contributed by atoms with Gasteiger partial charge >= 0.3 is 5.97 Å². The Morgan fingerprint density at radius 2 is 2.33 bits per heavy atom. The van der Waals surface area contributed by atoms with Crippen LogP contribution in [0.2, 0.25) is 0 Å². The second-order valence-corrected chi connectivity index (χ2v) is 2.72. The topological polar surface area (TPSA) is 50.2 Å². The molecule has 3 heteroatoms. The van der Waals surface area contributed by atoms with Gasteiger partial charge in [0.25, 0.3) is 0 Å². The fraction of sp³-hybridized carbons (Fsp3) is 0.333. The Kier molecular flexibility index (Phi) is 2.80. The molecule has 0 saturated carbocycles. The summed E-state index contributed by atoms with van der Waals surface area (Å²) >= 11 is 0. The summed E-state index contributed by atoms with van der Waals surface area (Å²) in [5.41, 5.74) is 1.93. The molecule has 0 bridgehead atoms. The summed E-state index contributed by atoms with van der Waals surface area (Å²) in [6.07, 6.45) is 2.41. The highest BCUT2D eigenvalue weighted by molar-refractivity contribution is 5.66. The molecule has 0 aliphatic heterocycles. The standard InChI is InChI=1S/C9H11NO2/c1-7-2-3-8(10-6-7)4-5-9(11)12/h2-3,6H,4-5H2,1H3,(H,11,12). The first-order valence-corrected chi connectivity index (χ1v) is 3.82. The summed E-state index contributed by atoms with van der Waals surface area (Å²) in [5, 5.41) is 8.40. The van der Waals surface area contributed by atoms with Gasteiger partial charge in [0.2, 0.25) is 0 Å². The number of pyridine rings is 1. The highest BCUT2D eigenvalue weighted by atomic mass is 16.4. The van der Waals surface area contributed by atoms with E-state index in [2.05, 4.69) is 4.98 Å². The van der Waals surface area contributed by atoms with Crippen LogP contribution in [0.25, 0.3) is 0 Å². The number of carboxylic acid groups (broad SMARTS) is 1. The van der Waals surface area contributed by atoms with Crippen molar-refractivity contribution in [2.24, 2.45) is 0 Å². The lowest BCUT2D eigenvalue weighted by molar-refractivity contribution is -0.136. The number of hydrogen-bond donors (Lipinski definition) is 1. The van der Waals surface area contributed by atoms with Gasteiger partial charge in [-0.3, -0.25) is 9.78 Å². The van der Waals surface area contributed by atoms with E-state index in [0.717, 1.165) is 11.3 Å². The van der Waals surface area contributed by atoms with E-state index in [1.165, 1.54) is 0 Å². The van der Waals surface area contributed by atoms with Crippen molar-refractivity contribution >= 4 is 5.97 Å². The van der Waals surface area contributed by atoms with Gasteiger partial charge in [-0.1, -0.05) is 6.07 Å². The van der Waals surface area contributed by atoms with Crippen LogP contribution in [0, 0.1) is 6.92 Å². The van der Waals surface area contributed by atoms with Crippen LogP contribution in [0.4, 0.5) is 0 Å². The van der Waals surface area contributed by atoms with Gasteiger partial charge in [0.1, 0.15) is 0 Å². The third kappa shape index (κ3) is 2.70. The van der Waals surface area contributed by atoms with Crippen molar-refractivity contribution in [1.82, 2.24) is 4.98 Å². The predicted molar refractivity (Wildman–Crippen MR) is 44.9 cm³/mol. The lowest BCUT2D eigenvalue weighted by atomic mass is 10.2. The van der Waals surface area contributed by atoms with Crippen LogP contribution in [-0.2, 0) is 11.2 Å². The molecule has 3 nitrogen and oxygen atoms in total. The zero-order valence-corrected chi connectivity index (χ0v) is 6.95. The quantitative estimate of drug-likeness (QED) is 0.736. The van der Waals surface area contributed by atoms with Crippen molar-refractivity contribution < 1.29 is 9.90 Å². The Morgan fingerprint density at radius 3 is 2.83 bits per heavy atom. The van der Waals surface area contributed by atoms with Crippen molar-refractivity contribution in [3.05, 3.63) is 29.6 Å².